The highest BCUT2D eigenvalue weighted by molar-refractivity contribution is 6.33. The average Bonchev–Trinajstić information content (AvgIpc) is 2.24. The van der Waals surface area contributed by atoms with E-state index < -0.39 is 18.8 Å². The first-order chi connectivity index (χ1) is 8.61. The lowest BCUT2D eigenvalue weighted by Crippen LogP contribution is -2.39. The van der Waals surface area contributed by atoms with Crippen LogP contribution in [0.1, 0.15) is 32.4 Å². The highest BCUT2D eigenvalue weighted by Gasteiger charge is 2.32. The molecule has 1 rings (SSSR count). The van der Waals surface area contributed by atoms with Gasteiger partial charge >= 0.3 is 6.18 Å². The molecule has 0 fully saturated rings. The van der Waals surface area contributed by atoms with Crippen LogP contribution in [0, 0.1) is 0 Å². The van der Waals surface area contributed by atoms with E-state index in [2.05, 4.69) is 0 Å². The number of aliphatic hydroxyl groups excluding tert-OH is 1. The van der Waals surface area contributed by atoms with Crippen LogP contribution in [0.3, 0.4) is 0 Å². The molecule has 1 aromatic rings. The maximum atomic E-state index is 12.6. The Hall–Kier alpha value is -0.940. The van der Waals surface area contributed by atoms with Gasteiger partial charge in [-0.1, -0.05) is 17.7 Å². The van der Waals surface area contributed by atoms with Crippen LogP contribution in [0.5, 0.6) is 0 Å². The molecular weight excluding hydrogens is 279 g/mol. The van der Waals surface area contributed by atoms with Gasteiger partial charge in [-0.25, -0.2) is 0 Å². The molecule has 1 atom stereocenters. The predicted octanol–water partition coefficient (Wildman–Crippen LogP) is 4.17. The fourth-order valence-corrected chi connectivity index (χ4v) is 2.05. The van der Waals surface area contributed by atoms with Crippen molar-refractivity contribution in [1.82, 2.24) is 0 Å². The molecule has 1 unspecified atom stereocenters. The third-order valence-corrected chi connectivity index (χ3v) is 3.04. The molecule has 0 bridgehead atoms. The molecule has 1 N–H and O–H groups in total. The van der Waals surface area contributed by atoms with E-state index in [0.29, 0.717) is 11.3 Å². The number of nitrogens with zero attached hydrogens (tertiary/aromatic N) is 1. The van der Waals surface area contributed by atoms with Crippen LogP contribution in [-0.4, -0.2) is 23.9 Å². The van der Waals surface area contributed by atoms with E-state index in [0.717, 1.165) is 0 Å². The van der Waals surface area contributed by atoms with Gasteiger partial charge in [0.05, 0.1) is 16.8 Å². The quantitative estimate of drug-likeness (QED) is 0.901. The molecule has 0 spiro atoms. The summed E-state index contributed by atoms with van der Waals surface area (Å²) < 4.78 is 37.7. The second-order valence-corrected chi connectivity index (χ2v) is 5.13. The van der Waals surface area contributed by atoms with Crippen molar-refractivity contribution in [3.8, 4) is 0 Å². The first-order valence-corrected chi connectivity index (χ1v) is 6.30. The van der Waals surface area contributed by atoms with Gasteiger partial charge in [-0.2, -0.15) is 13.2 Å². The molecule has 0 saturated carbocycles. The zero-order valence-electron chi connectivity index (χ0n) is 11.0. The van der Waals surface area contributed by atoms with Gasteiger partial charge in [0.25, 0.3) is 0 Å². The summed E-state index contributed by atoms with van der Waals surface area (Å²) >= 11 is 6.02. The highest BCUT2D eigenvalue weighted by Crippen LogP contribution is 2.32. The number of rotatable bonds is 4. The number of benzene rings is 1. The zero-order valence-corrected chi connectivity index (χ0v) is 11.8. The van der Waals surface area contributed by atoms with Crippen molar-refractivity contribution < 1.29 is 18.3 Å². The van der Waals surface area contributed by atoms with Crippen LogP contribution in [0.2, 0.25) is 5.02 Å². The first-order valence-electron chi connectivity index (χ1n) is 5.92. The molecule has 1 aromatic carbocycles. The third-order valence-electron chi connectivity index (χ3n) is 2.74. The maximum absolute atomic E-state index is 12.6. The smallest absolute Gasteiger partial charge is 0.389 e. The predicted molar refractivity (Wildman–Crippen MR) is 70.6 cm³/mol. The van der Waals surface area contributed by atoms with Crippen LogP contribution in [-0.2, 0) is 0 Å². The lowest BCUT2D eigenvalue weighted by molar-refractivity contribution is -0.120. The minimum absolute atomic E-state index is 0.205. The van der Waals surface area contributed by atoms with Crippen LogP contribution in [0.15, 0.2) is 18.2 Å². The Bertz CT molecular complexity index is 432. The minimum atomic E-state index is -4.30. The maximum Gasteiger partial charge on any atom is 0.405 e. The summed E-state index contributed by atoms with van der Waals surface area (Å²) in [5, 5.41) is 9.63. The van der Waals surface area contributed by atoms with E-state index in [4.69, 9.17) is 11.6 Å². The fourth-order valence-electron chi connectivity index (χ4n) is 1.76. The van der Waals surface area contributed by atoms with Crippen LogP contribution < -0.4 is 4.90 Å². The summed E-state index contributed by atoms with van der Waals surface area (Å²) in [6.45, 7) is 3.86. The van der Waals surface area contributed by atoms with Crippen LogP contribution >= 0.6 is 11.6 Å². The van der Waals surface area contributed by atoms with E-state index >= 15 is 0 Å². The summed E-state index contributed by atoms with van der Waals surface area (Å²) in [5.74, 6) is 0. The van der Waals surface area contributed by atoms with Gasteiger partial charge < -0.3 is 10.0 Å². The summed E-state index contributed by atoms with van der Waals surface area (Å²) in [6, 6.07) is 4.25. The molecule has 0 aliphatic carbocycles. The average molecular weight is 296 g/mol. The second-order valence-electron chi connectivity index (χ2n) is 4.72. The molecular formula is C13H17ClF3NO. The van der Waals surface area contributed by atoms with Crippen LogP contribution in [0.25, 0.3) is 0 Å². The van der Waals surface area contributed by atoms with E-state index in [1.165, 1.54) is 17.0 Å². The monoisotopic (exact) mass is 295 g/mol. The molecule has 0 amide bonds. The Kier molecular flexibility index (Phi) is 5.10. The SMILES string of the molecule is CC(O)c1ccc(N(CC(F)(F)F)C(C)C)c(Cl)c1. The van der Waals surface area contributed by atoms with Crippen molar-refractivity contribution >= 4 is 17.3 Å². The van der Waals surface area contributed by atoms with Gasteiger partial charge in [0, 0.05) is 6.04 Å². The number of aliphatic hydroxyl groups is 1. The Morgan fingerprint density at radius 2 is 1.84 bits per heavy atom. The van der Waals surface area contributed by atoms with Crippen molar-refractivity contribution in [2.24, 2.45) is 0 Å². The van der Waals surface area contributed by atoms with Crippen molar-refractivity contribution in [1.29, 1.82) is 0 Å². The Balaban J connectivity index is 3.10. The van der Waals surface area contributed by atoms with Crippen molar-refractivity contribution in [2.45, 2.75) is 39.1 Å². The van der Waals surface area contributed by atoms with E-state index in [1.54, 1.807) is 26.8 Å². The lowest BCUT2D eigenvalue weighted by atomic mass is 10.1. The van der Waals surface area contributed by atoms with Gasteiger partial charge in [-0.3, -0.25) is 0 Å². The Labute approximate surface area is 115 Å². The van der Waals surface area contributed by atoms with Gasteiger partial charge in [0.2, 0.25) is 0 Å². The van der Waals surface area contributed by atoms with E-state index in [9.17, 15) is 18.3 Å². The largest absolute Gasteiger partial charge is 0.405 e. The first kappa shape index (κ1) is 16.1. The van der Waals surface area contributed by atoms with E-state index in [-0.39, 0.29) is 11.1 Å². The zero-order chi connectivity index (χ0) is 14.8. The van der Waals surface area contributed by atoms with Gasteiger partial charge in [0.15, 0.2) is 0 Å². The third kappa shape index (κ3) is 4.58. The Morgan fingerprint density at radius 1 is 1.26 bits per heavy atom. The molecule has 19 heavy (non-hydrogen) atoms. The van der Waals surface area contributed by atoms with E-state index in [1.807, 2.05) is 0 Å². The Morgan fingerprint density at radius 3 is 2.21 bits per heavy atom. The summed E-state index contributed by atoms with van der Waals surface area (Å²) in [5.41, 5.74) is 0.892. The number of alkyl halides is 3. The molecule has 0 heterocycles. The highest BCUT2D eigenvalue weighted by atomic mass is 35.5. The second kappa shape index (κ2) is 6.01. The van der Waals surface area contributed by atoms with Gasteiger partial charge in [-0.15, -0.1) is 0 Å². The van der Waals surface area contributed by atoms with Crippen molar-refractivity contribution in [3.63, 3.8) is 0 Å². The van der Waals surface area contributed by atoms with Crippen molar-refractivity contribution in [3.05, 3.63) is 28.8 Å². The molecule has 0 aliphatic heterocycles. The molecule has 108 valence electrons. The molecule has 2 nitrogen and oxygen atoms in total. The summed E-state index contributed by atoms with van der Waals surface area (Å²) in [7, 11) is 0. The summed E-state index contributed by atoms with van der Waals surface area (Å²) in [4.78, 5) is 1.19. The number of halogens is 4. The standard InChI is InChI=1S/C13H17ClF3NO/c1-8(2)18(7-13(15,16)17)12-5-4-10(9(3)19)6-11(12)14/h4-6,8-9,19H,7H2,1-3H3. The van der Waals surface area contributed by atoms with Gasteiger partial charge in [-0.05, 0) is 38.5 Å². The minimum Gasteiger partial charge on any atom is -0.389 e. The molecule has 0 saturated heterocycles. The number of hydrogen-bond donors (Lipinski definition) is 1. The van der Waals surface area contributed by atoms with Crippen LogP contribution in [0.4, 0.5) is 18.9 Å². The molecule has 0 aliphatic rings. The summed E-state index contributed by atoms with van der Waals surface area (Å²) in [6.07, 6.45) is -5.00. The molecule has 6 heteroatoms. The fraction of sp³-hybridized carbons (Fsp3) is 0.538. The number of anilines is 1. The molecule has 0 radical (unpaired) electrons. The number of hydrogen-bond acceptors (Lipinski definition) is 2. The van der Waals surface area contributed by atoms with Gasteiger partial charge in [0.1, 0.15) is 6.54 Å². The topological polar surface area (TPSA) is 23.5 Å². The van der Waals surface area contributed by atoms with Crippen molar-refractivity contribution in [2.75, 3.05) is 11.4 Å². The normalized spacial score (nSPS) is 13.7. The lowest BCUT2D eigenvalue weighted by Gasteiger charge is -2.31. The molecule has 0 aromatic heterocycles.